The largest absolute Gasteiger partial charge is 0.328 e. The van der Waals surface area contributed by atoms with Crippen molar-refractivity contribution < 1.29 is 0 Å². The van der Waals surface area contributed by atoms with Crippen LogP contribution in [0.3, 0.4) is 0 Å². The molecule has 1 aliphatic heterocycles. The SMILES string of the molecule is CC1CC(N)CCN1CCC(C)(C)C. The van der Waals surface area contributed by atoms with Gasteiger partial charge in [0.2, 0.25) is 0 Å². The van der Waals surface area contributed by atoms with Crippen molar-refractivity contribution in [2.75, 3.05) is 13.1 Å². The van der Waals surface area contributed by atoms with Gasteiger partial charge in [0.15, 0.2) is 0 Å². The van der Waals surface area contributed by atoms with Gasteiger partial charge in [0.25, 0.3) is 0 Å². The minimum Gasteiger partial charge on any atom is -0.328 e. The summed E-state index contributed by atoms with van der Waals surface area (Å²) in [5.41, 5.74) is 6.40. The Hall–Kier alpha value is -0.0800. The first kappa shape index (κ1) is 12.0. The van der Waals surface area contributed by atoms with Gasteiger partial charge in [0, 0.05) is 12.1 Å². The lowest BCUT2D eigenvalue weighted by Crippen LogP contribution is -2.46. The zero-order chi connectivity index (χ0) is 10.8. The molecule has 84 valence electrons. The van der Waals surface area contributed by atoms with Gasteiger partial charge in [-0.2, -0.15) is 0 Å². The van der Waals surface area contributed by atoms with Crippen LogP contribution in [0.15, 0.2) is 0 Å². The molecule has 2 atom stereocenters. The standard InChI is InChI=1S/C12H26N2/c1-10-9-11(13)5-7-14(10)8-6-12(2,3)4/h10-11H,5-9,13H2,1-4H3. The topological polar surface area (TPSA) is 29.3 Å². The first-order valence-electron chi connectivity index (χ1n) is 5.88. The molecule has 0 amide bonds. The molecule has 2 nitrogen and oxygen atoms in total. The van der Waals surface area contributed by atoms with Crippen LogP contribution in [0.1, 0.15) is 47.0 Å². The fraction of sp³-hybridized carbons (Fsp3) is 1.00. The summed E-state index contributed by atoms with van der Waals surface area (Å²) in [6.45, 7) is 11.7. The van der Waals surface area contributed by atoms with Gasteiger partial charge in [0.05, 0.1) is 0 Å². The molecule has 1 rings (SSSR count). The number of rotatable bonds is 2. The van der Waals surface area contributed by atoms with Crippen molar-refractivity contribution >= 4 is 0 Å². The molecule has 0 aromatic rings. The number of nitrogens with zero attached hydrogens (tertiary/aromatic N) is 1. The minimum atomic E-state index is 0.441. The zero-order valence-electron chi connectivity index (χ0n) is 10.2. The predicted octanol–water partition coefficient (Wildman–Crippen LogP) is 2.23. The molecular weight excluding hydrogens is 172 g/mol. The van der Waals surface area contributed by atoms with Crippen molar-refractivity contribution in [1.29, 1.82) is 0 Å². The Morgan fingerprint density at radius 3 is 2.50 bits per heavy atom. The van der Waals surface area contributed by atoms with Crippen LogP contribution in [0.5, 0.6) is 0 Å². The molecule has 0 radical (unpaired) electrons. The van der Waals surface area contributed by atoms with Crippen LogP contribution in [0.2, 0.25) is 0 Å². The second kappa shape index (κ2) is 4.63. The van der Waals surface area contributed by atoms with Crippen LogP contribution >= 0.6 is 0 Å². The summed E-state index contributed by atoms with van der Waals surface area (Å²) in [4.78, 5) is 2.59. The maximum absolute atomic E-state index is 5.94. The second-order valence-corrected chi connectivity index (χ2v) is 5.98. The van der Waals surface area contributed by atoms with Crippen LogP contribution in [0.25, 0.3) is 0 Å². The van der Waals surface area contributed by atoms with Gasteiger partial charge in [-0.25, -0.2) is 0 Å². The van der Waals surface area contributed by atoms with Gasteiger partial charge in [-0.1, -0.05) is 20.8 Å². The average molecular weight is 198 g/mol. The molecule has 0 saturated carbocycles. The normalized spacial score (nSPS) is 30.6. The Kier molecular flexibility index (Phi) is 3.96. The van der Waals surface area contributed by atoms with Crippen LogP contribution in [-0.4, -0.2) is 30.1 Å². The lowest BCUT2D eigenvalue weighted by atomic mass is 9.90. The van der Waals surface area contributed by atoms with E-state index in [1.54, 1.807) is 0 Å². The van der Waals surface area contributed by atoms with Gasteiger partial charge in [-0.3, -0.25) is 0 Å². The number of nitrogens with two attached hydrogens (primary N) is 1. The molecular formula is C12H26N2. The minimum absolute atomic E-state index is 0.441. The van der Waals surface area contributed by atoms with E-state index in [9.17, 15) is 0 Å². The van der Waals surface area contributed by atoms with Crippen molar-refractivity contribution in [3.05, 3.63) is 0 Å². The van der Waals surface area contributed by atoms with Crippen molar-refractivity contribution in [3.63, 3.8) is 0 Å². The van der Waals surface area contributed by atoms with Gasteiger partial charge in [0.1, 0.15) is 0 Å². The van der Waals surface area contributed by atoms with E-state index in [0.717, 1.165) is 0 Å². The summed E-state index contributed by atoms with van der Waals surface area (Å²) in [5.74, 6) is 0. The molecule has 0 spiro atoms. The van der Waals surface area contributed by atoms with Crippen molar-refractivity contribution in [1.82, 2.24) is 4.90 Å². The van der Waals surface area contributed by atoms with E-state index in [2.05, 4.69) is 32.6 Å². The third-order valence-electron chi connectivity index (χ3n) is 3.20. The van der Waals surface area contributed by atoms with Crippen LogP contribution in [-0.2, 0) is 0 Å². The van der Waals surface area contributed by atoms with E-state index in [1.807, 2.05) is 0 Å². The highest BCUT2D eigenvalue weighted by Crippen LogP contribution is 2.22. The van der Waals surface area contributed by atoms with Gasteiger partial charge in [-0.15, -0.1) is 0 Å². The lowest BCUT2D eigenvalue weighted by Gasteiger charge is -2.37. The van der Waals surface area contributed by atoms with E-state index in [0.29, 0.717) is 17.5 Å². The highest BCUT2D eigenvalue weighted by Gasteiger charge is 2.23. The Bertz CT molecular complexity index is 172. The first-order valence-corrected chi connectivity index (χ1v) is 5.88. The van der Waals surface area contributed by atoms with Crippen molar-refractivity contribution in [2.45, 2.75) is 59.0 Å². The molecule has 14 heavy (non-hydrogen) atoms. The predicted molar refractivity (Wildman–Crippen MR) is 62.3 cm³/mol. The molecule has 2 N–H and O–H groups in total. The molecule has 0 aromatic heterocycles. The molecule has 0 bridgehead atoms. The second-order valence-electron chi connectivity index (χ2n) is 5.98. The Balaban J connectivity index is 2.31. The highest BCUT2D eigenvalue weighted by molar-refractivity contribution is 4.81. The third kappa shape index (κ3) is 3.97. The van der Waals surface area contributed by atoms with Crippen LogP contribution < -0.4 is 5.73 Å². The monoisotopic (exact) mass is 198 g/mol. The first-order chi connectivity index (χ1) is 6.38. The summed E-state index contributed by atoms with van der Waals surface area (Å²) < 4.78 is 0. The molecule has 0 aliphatic carbocycles. The quantitative estimate of drug-likeness (QED) is 0.737. The summed E-state index contributed by atoms with van der Waals surface area (Å²) in [7, 11) is 0. The van der Waals surface area contributed by atoms with Gasteiger partial charge >= 0.3 is 0 Å². The zero-order valence-corrected chi connectivity index (χ0v) is 10.2. The highest BCUT2D eigenvalue weighted by atomic mass is 15.2. The van der Waals surface area contributed by atoms with Crippen molar-refractivity contribution in [2.24, 2.45) is 11.1 Å². The Morgan fingerprint density at radius 2 is 2.00 bits per heavy atom. The maximum Gasteiger partial charge on any atom is 0.00816 e. The van der Waals surface area contributed by atoms with Crippen LogP contribution in [0, 0.1) is 5.41 Å². The smallest absolute Gasteiger partial charge is 0.00816 e. The summed E-state index contributed by atoms with van der Waals surface area (Å²) >= 11 is 0. The third-order valence-corrected chi connectivity index (χ3v) is 3.20. The lowest BCUT2D eigenvalue weighted by molar-refractivity contribution is 0.130. The molecule has 1 saturated heterocycles. The van der Waals surface area contributed by atoms with E-state index in [4.69, 9.17) is 5.73 Å². The fourth-order valence-corrected chi connectivity index (χ4v) is 2.07. The van der Waals surface area contributed by atoms with Gasteiger partial charge in [-0.05, 0) is 44.7 Å². The molecule has 0 aromatic carbocycles. The summed E-state index contributed by atoms with van der Waals surface area (Å²) in [6, 6.07) is 1.12. The van der Waals surface area contributed by atoms with E-state index in [-0.39, 0.29) is 0 Å². The average Bonchev–Trinajstić information content (AvgIpc) is 2.00. The Labute approximate surface area is 88.8 Å². The maximum atomic E-state index is 5.94. The van der Waals surface area contributed by atoms with Crippen molar-refractivity contribution in [3.8, 4) is 0 Å². The number of piperidine rings is 1. The number of hydrogen-bond acceptors (Lipinski definition) is 2. The molecule has 2 unspecified atom stereocenters. The van der Waals surface area contributed by atoms with E-state index >= 15 is 0 Å². The number of hydrogen-bond donors (Lipinski definition) is 1. The fourth-order valence-electron chi connectivity index (χ4n) is 2.07. The van der Waals surface area contributed by atoms with Crippen LogP contribution in [0.4, 0.5) is 0 Å². The summed E-state index contributed by atoms with van der Waals surface area (Å²) in [5, 5.41) is 0. The molecule has 1 heterocycles. The van der Waals surface area contributed by atoms with E-state index in [1.165, 1.54) is 32.4 Å². The molecule has 2 heteroatoms. The van der Waals surface area contributed by atoms with Gasteiger partial charge < -0.3 is 10.6 Å². The molecule has 1 fully saturated rings. The summed E-state index contributed by atoms with van der Waals surface area (Å²) in [6.07, 6.45) is 3.63. The molecule has 1 aliphatic rings. The van der Waals surface area contributed by atoms with E-state index < -0.39 is 0 Å². The Morgan fingerprint density at radius 1 is 1.36 bits per heavy atom. The number of likely N-dealkylation sites (tertiary alicyclic amines) is 1.